The van der Waals surface area contributed by atoms with Gasteiger partial charge in [0.2, 0.25) is 5.75 Å². The second-order valence-electron chi connectivity index (χ2n) is 4.98. The van der Waals surface area contributed by atoms with E-state index in [-0.39, 0.29) is 29.4 Å². The van der Waals surface area contributed by atoms with E-state index in [9.17, 15) is 15.2 Å². The van der Waals surface area contributed by atoms with Crippen LogP contribution in [0.25, 0.3) is 6.08 Å². The van der Waals surface area contributed by atoms with Gasteiger partial charge in [0, 0.05) is 18.9 Å². The van der Waals surface area contributed by atoms with E-state index in [0.717, 1.165) is 5.56 Å². The van der Waals surface area contributed by atoms with Gasteiger partial charge in [-0.1, -0.05) is 0 Å². The summed E-state index contributed by atoms with van der Waals surface area (Å²) in [6.45, 7) is 0.280. The Kier molecular flexibility index (Phi) is 5.96. The number of hydrogen-bond donors (Lipinski definition) is 2. The molecule has 1 aromatic heterocycles. The first-order chi connectivity index (χ1) is 12.1. The molecule has 25 heavy (non-hydrogen) atoms. The van der Waals surface area contributed by atoms with Crippen molar-refractivity contribution >= 4 is 12.0 Å². The lowest BCUT2D eigenvalue weighted by atomic mass is 10.1. The lowest BCUT2D eigenvalue weighted by Crippen LogP contribution is -2.23. The third-order valence-corrected chi connectivity index (χ3v) is 3.38. The molecule has 0 aliphatic carbocycles. The van der Waals surface area contributed by atoms with Crippen LogP contribution in [0.3, 0.4) is 0 Å². The molecule has 1 heterocycles. The third-order valence-electron chi connectivity index (χ3n) is 3.38. The van der Waals surface area contributed by atoms with Crippen LogP contribution in [-0.4, -0.2) is 30.2 Å². The van der Waals surface area contributed by atoms with Crippen LogP contribution in [-0.2, 0) is 11.3 Å². The number of phenols is 1. The third kappa shape index (κ3) is 4.48. The second kappa shape index (κ2) is 8.36. The van der Waals surface area contributed by atoms with Gasteiger partial charge in [-0.25, -0.2) is 0 Å². The smallest absolute Gasteiger partial charge is 0.262 e. The number of carbonyl (C=O) groups is 1. The standard InChI is InChI=1S/C18H17N3O4/c1-24-15-8-13(9-16(25-2)17(15)22)7-14(10-19)18(23)21-11-12-3-5-20-6-4-12/h3-9,22H,11H2,1-2H3,(H,21,23). The summed E-state index contributed by atoms with van der Waals surface area (Å²) < 4.78 is 10.1. The Balaban J connectivity index is 2.22. The van der Waals surface area contributed by atoms with Crippen LogP contribution in [0, 0.1) is 11.3 Å². The van der Waals surface area contributed by atoms with E-state index in [0.29, 0.717) is 5.56 Å². The molecule has 0 spiro atoms. The Labute approximate surface area is 145 Å². The summed E-state index contributed by atoms with van der Waals surface area (Å²) in [5, 5.41) is 21.8. The number of nitrogens with zero attached hydrogens (tertiary/aromatic N) is 2. The van der Waals surface area contributed by atoms with Crippen LogP contribution in [0.2, 0.25) is 0 Å². The molecule has 0 radical (unpaired) electrons. The molecule has 0 aliphatic heterocycles. The Morgan fingerprint density at radius 3 is 2.40 bits per heavy atom. The van der Waals surface area contributed by atoms with E-state index in [2.05, 4.69) is 10.3 Å². The molecular weight excluding hydrogens is 322 g/mol. The Morgan fingerprint density at radius 1 is 1.28 bits per heavy atom. The topological polar surface area (TPSA) is 104 Å². The molecule has 0 fully saturated rings. The van der Waals surface area contributed by atoms with Gasteiger partial charge < -0.3 is 19.9 Å². The fourth-order valence-electron chi connectivity index (χ4n) is 2.09. The average molecular weight is 339 g/mol. The maximum atomic E-state index is 12.2. The van der Waals surface area contributed by atoms with Crippen molar-refractivity contribution in [2.45, 2.75) is 6.54 Å². The van der Waals surface area contributed by atoms with Gasteiger partial charge in [-0.2, -0.15) is 5.26 Å². The molecule has 0 bridgehead atoms. The first-order valence-electron chi connectivity index (χ1n) is 7.33. The van der Waals surface area contributed by atoms with Crippen molar-refractivity contribution in [2.24, 2.45) is 0 Å². The first kappa shape index (κ1) is 17.8. The number of phenolic OH excluding ortho intramolecular Hbond substituents is 1. The van der Waals surface area contributed by atoms with Crippen molar-refractivity contribution < 1.29 is 19.4 Å². The van der Waals surface area contributed by atoms with Crippen molar-refractivity contribution in [3.63, 3.8) is 0 Å². The zero-order valence-electron chi connectivity index (χ0n) is 13.8. The number of carbonyl (C=O) groups excluding carboxylic acids is 1. The first-order valence-corrected chi connectivity index (χ1v) is 7.33. The zero-order valence-corrected chi connectivity index (χ0v) is 13.8. The van der Waals surface area contributed by atoms with Gasteiger partial charge in [0.05, 0.1) is 14.2 Å². The Bertz CT molecular complexity index is 801. The molecule has 1 amide bonds. The summed E-state index contributed by atoms with van der Waals surface area (Å²) in [6, 6.07) is 8.42. The molecule has 128 valence electrons. The Morgan fingerprint density at radius 2 is 1.88 bits per heavy atom. The number of aromatic hydroxyl groups is 1. The summed E-state index contributed by atoms with van der Waals surface area (Å²) >= 11 is 0. The van der Waals surface area contributed by atoms with Crippen LogP contribution < -0.4 is 14.8 Å². The van der Waals surface area contributed by atoms with Crippen molar-refractivity contribution in [3.8, 4) is 23.3 Å². The monoisotopic (exact) mass is 339 g/mol. The average Bonchev–Trinajstić information content (AvgIpc) is 2.65. The molecule has 7 nitrogen and oxygen atoms in total. The van der Waals surface area contributed by atoms with Crippen LogP contribution >= 0.6 is 0 Å². The van der Waals surface area contributed by atoms with Gasteiger partial charge in [0.25, 0.3) is 5.91 Å². The summed E-state index contributed by atoms with van der Waals surface area (Å²) in [7, 11) is 2.79. The lowest BCUT2D eigenvalue weighted by Gasteiger charge is -2.10. The number of nitriles is 1. The number of pyridine rings is 1. The fourth-order valence-corrected chi connectivity index (χ4v) is 2.09. The van der Waals surface area contributed by atoms with Crippen molar-refractivity contribution in [3.05, 3.63) is 53.4 Å². The maximum Gasteiger partial charge on any atom is 0.262 e. The predicted octanol–water partition coefficient (Wildman–Crippen LogP) is 2.03. The highest BCUT2D eigenvalue weighted by Crippen LogP contribution is 2.37. The highest BCUT2D eigenvalue weighted by atomic mass is 16.5. The number of nitrogens with one attached hydrogen (secondary N) is 1. The van der Waals surface area contributed by atoms with Gasteiger partial charge >= 0.3 is 0 Å². The molecule has 1 aromatic carbocycles. The second-order valence-corrected chi connectivity index (χ2v) is 4.98. The van der Waals surface area contributed by atoms with Gasteiger partial charge in [-0.3, -0.25) is 9.78 Å². The van der Waals surface area contributed by atoms with Gasteiger partial charge in [0.1, 0.15) is 11.6 Å². The van der Waals surface area contributed by atoms with E-state index in [4.69, 9.17) is 9.47 Å². The number of hydrogen-bond acceptors (Lipinski definition) is 6. The molecule has 2 N–H and O–H groups in total. The highest BCUT2D eigenvalue weighted by Gasteiger charge is 2.13. The summed E-state index contributed by atoms with van der Waals surface area (Å²) in [6.07, 6.45) is 4.64. The molecule has 2 rings (SSSR count). The molecule has 0 unspecified atom stereocenters. The minimum atomic E-state index is -0.509. The van der Waals surface area contributed by atoms with Gasteiger partial charge in [0.15, 0.2) is 11.5 Å². The number of benzene rings is 1. The van der Waals surface area contributed by atoms with Gasteiger partial charge in [-0.15, -0.1) is 0 Å². The summed E-state index contributed by atoms with van der Waals surface area (Å²) in [5.74, 6) is -0.298. The minimum Gasteiger partial charge on any atom is -0.502 e. The molecule has 0 atom stereocenters. The van der Waals surface area contributed by atoms with Crippen LogP contribution in [0.4, 0.5) is 0 Å². The van der Waals surface area contributed by atoms with E-state index in [1.807, 2.05) is 6.07 Å². The minimum absolute atomic E-state index is 0.0798. The molecular formula is C18H17N3O4. The van der Waals surface area contributed by atoms with Crippen molar-refractivity contribution in [2.75, 3.05) is 14.2 Å². The van der Waals surface area contributed by atoms with E-state index >= 15 is 0 Å². The number of ether oxygens (including phenoxy) is 2. The lowest BCUT2D eigenvalue weighted by molar-refractivity contribution is -0.117. The number of aromatic nitrogens is 1. The molecule has 0 saturated heterocycles. The quantitative estimate of drug-likeness (QED) is 0.616. The fraction of sp³-hybridized carbons (Fsp3) is 0.167. The van der Waals surface area contributed by atoms with E-state index in [1.165, 1.54) is 32.4 Å². The van der Waals surface area contributed by atoms with Crippen LogP contribution in [0.5, 0.6) is 17.2 Å². The normalized spacial score (nSPS) is 10.7. The van der Waals surface area contributed by atoms with Crippen LogP contribution in [0.15, 0.2) is 42.2 Å². The predicted molar refractivity (Wildman–Crippen MR) is 90.9 cm³/mol. The zero-order chi connectivity index (χ0) is 18.2. The molecule has 0 aliphatic rings. The van der Waals surface area contributed by atoms with E-state index < -0.39 is 5.91 Å². The van der Waals surface area contributed by atoms with Crippen molar-refractivity contribution in [1.29, 1.82) is 5.26 Å². The number of methoxy groups -OCH3 is 2. The SMILES string of the molecule is COc1cc(C=C(C#N)C(=O)NCc2ccncc2)cc(OC)c1O. The number of rotatable bonds is 6. The van der Waals surface area contributed by atoms with Crippen LogP contribution in [0.1, 0.15) is 11.1 Å². The summed E-state index contributed by atoms with van der Waals surface area (Å²) in [5.41, 5.74) is 1.28. The van der Waals surface area contributed by atoms with Crippen molar-refractivity contribution in [1.82, 2.24) is 10.3 Å². The Hall–Kier alpha value is -3.53. The highest BCUT2D eigenvalue weighted by molar-refractivity contribution is 6.01. The maximum absolute atomic E-state index is 12.2. The molecule has 7 heteroatoms. The largest absolute Gasteiger partial charge is 0.502 e. The molecule has 0 saturated carbocycles. The summed E-state index contributed by atoms with van der Waals surface area (Å²) in [4.78, 5) is 16.1. The van der Waals surface area contributed by atoms with E-state index in [1.54, 1.807) is 24.5 Å². The van der Waals surface area contributed by atoms with Gasteiger partial charge in [-0.05, 0) is 41.5 Å². The molecule has 2 aromatic rings. The number of amides is 1.